The van der Waals surface area contributed by atoms with E-state index in [1.54, 1.807) is 0 Å². The van der Waals surface area contributed by atoms with Gasteiger partial charge in [0.2, 0.25) is 0 Å². The number of carbonyl (C=O) groups is 3. The molecule has 2 N–H and O–H groups in total. The zero-order valence-corrected chi connectivity index (χ0v) is 21.3. The second-order valence-electron chi connectivity index (χ2n) is 9.84. The fraction of sp³-hybridized carbons (Fsp3) is 0.357. The van der Waals surface area contributed by atoms with Crippen molar-refractivity contribution < 1.29 is 24.2 Å². The lowest BCUT2D eigenvalue weighted by atomic mass is 9.68. The quantitative estimate of drug-likeness (QED) is 0.383. The summed E-state index contributed by atoms with van der Waals surface area (Å²) in [4.78, 5) is 42.0. The molecule has 4 rings (SSSR count). The summed E-state index contributed by atoms with van der Waals surface area (Å²) in [7, 11) is 0. The van der Waals surface area contributed by atoms with Crippen molar-refractivity contribution in [3.8, 4) is 0 Å². The monoisotopic (exact) mass is 508 g/mol. The van der Waals surface area contributed by atoms with Crippen LogP contribution >= 0.6 is 11.6 Å². The number of rotatable bonds is 7. The number of benzene rings is 2. The van der Waals surface area contributed by atoms with E-state index in [-0.39, 0.29) is 21.7 Å². The lowest BCUT2D eigenvalue weighted by Crippen LogP contribution is -2.31. The summed E-state index contributed by atoms with van der Waals surface area (Å²) in [6.45, 7) is 6.18. The van der Waals surface area contributed by atoms with Crippen molar-refractivity contribution in [3.05, 3.63) is 69.9 Å². The number of anilines is 1. The Bertz CT molecular complexity index is 1350. The number of nitrogens with zero attached hydrogens (tertiary/aromatic N) is 1. The van der Waals surface area contributed by atoms with Gasteiger partial charge in [-0.2, -0.15) is 0 Å². The molecule has 2 aromatic carbocycles. The molecule has 1 atom stereocenters. The van der Waals surface area contributed by atoms with E-state index in [0.29, 0.717) is 16.9 Å². The Labute approximate surface area is 214 Å². The first-order valence-electron chi connectivity index (χ1n) is 12.0. The Morgan fingerprint density at radius 3 is 2.67 bits per heavy atom. The fourth-order valence-corrected chi connectivity index (χ4v) is 4.94. The minimum Gasteiger partial charge on any atom is -0.478 e. The predicted molar refractivity (Wildman–Crippen MR) is 139 cm³/mol. The van der Waals surface area contributed by atoms with Gasteiger partial charge in [0.05, 0.1) is 21.7 Å². The average Bonchev–Trinajstić information content (AvgIpc) is 2.86. The second kappa shape index (κ2) is 10.3. The van der Waals surface area contributed by atoms with Crippen LogP contribution < -0.4 is 5.32 Å². The number of aromatic nitrogens is 1. The number of carbonyl (C=O) groups excluding carboxylic acids is 2. The van der Waals surface area contributed by atoms with E-state index in [1.807, 2.05) is 24.3 Å². The van der Waals surface area contributed by atoms with Crippen LogP contribution in [0.4, 0.5) is 5.69 Å². The first kappa shape index (κ1) is 25.6. The highest BCUT2D eigenvalue weighted by atomic mass is 35.5. The number of carboxylic acid groups (broad SMARTS) is 1. The number of ether oxygens (including phenoxy) is 1. The lowest BCUT2D eigenvalue weighted by molar-refractivity contribution is -0.119. The van der Waals surface area contributed by atoms with E-state index in [4.69, 9.17) is 21.3 Å². The molecule has 1 aromatic heterocycles. The molecule has 0 saturated heterocycles. The number of hydrogen-bond donors (Lipinski definition) is 2. The molecule has 1 aliphatic carbocycles. The zero-order valence-electron chi connectivity index (χ0n) is 20.6. The zero-order chi connectivity index (χ0) is 26.0. The van der Waals surface area contributed by atoms with E-state index < -0.39 is 24.5 Å². The number of halogens is 1. The molecule has 0 aliphatic heterocycles. The molecule has 7 nitrogen and oxygen atoms in total. The molecule has 1 heterocycles. The van der Waals surface area contributed by atoms with Gasteiger partial charge >= 0.3 is 11.9 Å². The van der Waals surface area contributed by atoms with Crippen LogP contribution in [0.3, 0.4) is 0 Å². The maximum absolute atomic E-state index is 13.4. The fourth-order valence-electron chi connectivity index (χ4n) is 4.74. The van der Waals surface area contributed by atoms with Crippen LogP contribution in [0.5, 0.6) is 0 Å². The molecule has 188 valence electrons. The number of amides is 1. The predicted octanol–water partition coefficient (Wildman–Crippen LogP) is 5.92. The Morgan fingerprint density at radius 2 is 1.94 bits per heavy atom. The molecule has 0 bridgehead atoms. The molecular weight excluding hydrogens is 480 g/mol. The van der Waals surface area contributed by atoms with E-state index in [0.717, 1.165) is 42.5 Å². The number of aryl methyl sites for hydroxylation is 1. The normalized spacial score (nSPS) is 15.3. The van der Waals surface area contributed by atoms with Crippen molar-refractivity contribution in [1.29, 1.82) is 0 Å². The van der Waals surface area contributed by atoms with Gasteiger partial charge in [-0.1, -0.05) is 57.0 Å². The van der Waals surface area contributed by atoms with Crippen LogP contribution in [0.25, 0.3) is 10.9 Å². The SMILES string of the molecule is CCC(C)(C)C1CCc2nc3ccccc3c(C(=O)OCC(=O)Nc3ccc(Cl)c(C(=O)O)c3)c2C1. The highest BCUT2D eigenvalue weighted by Crippen LogP contribution is 2.41. The number of hydrogen-bond acceptors (Lipinski definition) is 5. The summed E-state index contributed by atoms with van der Waals surface area (Å²) in [6.07, 6.45) is 3.56. The molecule has 8 heteroatoms. The number of nitrogens with one attached hydrogen (secondary N) is 1. The van der Waals surface area contributed by atoms with Crippen LogP contribution in [0.15, 0.2) is 42.5 Å². The van der Waals surface area contributed by atoms with Crippen LogP contribution in [0, 0.1) is 11.3 Å². The van der Waals surface area contributed by atoms with Gasteiger partial charge < -0.3 is 15.2 Å². The first-order chi connectivity index (χ1) is 17.1. The molecule has 1 unspecified atom stereocenters. The van der Waals surface area contributed by atoms with Gasteiger partial charge in [-0.25, -0.2) is 9.59 Å². The molecule has 0 radical (unpaired) electrons. The topological polar surface area (TPSA) is 106 Å². The minimum absolute atomic E-state index is 0.0609. The number of carboxylic acids is 1. The number of pyridine rings is 1. The van der Waals surface area contributed by atoms with E-state index >= 15 is 0 Å². The maximum atomic E-state index is 13.4. The average molecular weight is 509 g/mol. The maximum Gasteiger partial charge on any atom is 0.339 e. The van der Waals surface area contributed by atoms with Crippen molar-refractivity contribution in [2.75, 3.05) is 11.9 Å². The minimum atomic E-state index is -1.21. The summed E-state index contributed by atoms with van der Waals surface area (Å²) in [5, 5.41) is 12.5. The first-order valence-corrected chi connectivity index (χ1v) is 12.4. The van der Waals surface area contributed by atoms with E-state index in [9.17, 15) is 19.5 Å². The molecule has 1 aliphatic rings. The van der Waals surface area contributed by atoms with Crippen LogP contribution in [-0.2, 0) is 22.4 Å². The van der Waals surface area contributed by atoms with Crippen molar-refractivity contribution >= 4 is 46.0 Å². The second-order valence-corrected chi connectivity index (χ2v) is 10.2. The smallest absolute Gasteiger partial charge is 0.339 e. The highest BCUT2D eigenvalue weighted by Gasteiger charge is 2.34. The van der Waals surface area contributed by atoms with Crippen molar-refractivity contribution in [2.24, 2.45) is 11.3 Å². The van der Waals surface area contributed by atoms with Crippen molar-refractivity contribution in [1.82, 2.24) is 4.98 Å². The van der Waals surface area contributed by atoms with E-state index in [2.05, 4.69) is 26.1 Å². The Hall–Kier alpha value is -3.45. The number of fused-ring (bicyclic) bond motifs is 2. The Balaban J connectivity index is 1.57. The van der Waals surface area contributed by atoms with E-state index in [1.165, 1.54) is 18.2 Å². The molecule has 1 amide bonds. The van der Waals surface area contributed by atoms with Gasteiger partial charge in [0.1, 0.15) is 0 Å². The molecule has 0 fully saturated rings. The third-order valence-corrected chi connectivity index (χ3v) is 7.62. The summed E-state index contributed by atoms with van der Waals surface area (Å²) < 4.78 is 5.46. The van der Waals surface area contributed by atoms with Gasteiger partial charge in [-0.15, -0.1) is 0 Å². The third kappa shape index (κ3) is 5.21. The highest BCUT2D eigenvalue weighted by molar-refractivity contribution is 6.33. The summed E-state index contributed by atoms with van der Waals surface area (Å²) >= 11 is 5.88. The third-order valence-electron chi connectivity index (χ3n) is 7.29. The largest absolute Gasteiger partial charge is 0.478 e. The van der Waals surface area contributed by atoms with Gasteiger partial charge in [0, 0.05) is 16.8 Å². The Kier molecular flexibility index (Phi) is 7.31. The molecular formula is C28H29ClN2O5. The summed E-state index contributed by atoms with van der Waals surface area (Å²) in [6, 6.07) is 11.6. The van der Waals surface area contributed by atoms with Gasteiger partial charge in [0.25, 0.3) is 5.91 Å². The van der Waals surface area contributed by atoms with Crippen LogP contribution in [0.1, 0.15) is 65.6 Å². The number of para-hydroxylation sites is 1. The number of aromatic carboxylic acids is 1. The molecule has 36 heavy (non-hydrogen) atoms. The van der Waals surface area contributed by atoms with Crippen molar-refractivity contribution in [3.63, 3.8) is 0 Å². The molecule has 0 saturated carbocycles. The Morgan fingerprint density at radius 1 is 1.19 bits per heavy atom. The van der Waals surface area contributed by atoms with Crippen LogP contribution in [0.2, 0.25) is 5.02 Å². The van der Waals surface area contributed by atoms with Gasteiger partial charge in [0.15, 0.2) is 6.61 Å². The van der Waals surface area contributed by atoms with Gasteiger partial charge in [-0.05, 0) is 60.4 Å². The van der Waals surface area contributed by atoms with Gasteiger partial charge in [-0.3, -0.25) is 9.78 Å². The summed E-state index contributed by atoms with van der Waals surface area (Å²) in [5.74, 6) is -1.96. The molecule has 3 aromatic rings. The lowest BCUT2D eigenvalue weighted by Gasteiger charge is -2.37. The molecule has 0 spiro atoms. The van der Waals surface area contributed by atoms with Crippen molar-refractivity contribution in [2.45, 2.75) is 46.5 Å². The standard InChI is InChI=1S/C28H29ClN2O5/c1-4-28(2,3)16-9-12-23-20(13-16)25(18-7-5-6-8-22(18)31-23)27(35)36-15-24(32)30-17-10-11-21(29)19(14-17)26(33)34/h5-8,10-11,14,16H,4,9,12-13,15H2,1-3H3,(H,30,32)(H,33,34). The number of esters is 1. The summed E-state index contributed by atoms with van der Waals surface area (Å²) in [5.41, 5.74) is 3.25. The van der Waals surface area contributed by atoms with Crippen LogP contribution in [-0.4, -0.2) is 34.5 Å².